The molecule has 9 heavy (non-hydrogen) atoms. The molecule has 0 radical (unpaired) electrons. The van der Waals surface area contributed by atoms with Crippen molar-refractivity contribution in [3.63, 3.8) is 0 Å². The second-order valence-corrected chi connectivity index (χ2v) is 2.28. The summed E-state index contributed by atoms with van der Waals surface area (Å²) >= 11 is 2.77. The molecule has 0 unspecified atom stereocenters. The van der Waals surface area contributed by atoms with Crippen LogP contribution in [0.3, 0.4) is 0 Å². The van der Waals surface area contributed by atoms with E-state index < -0.39 is 11.8 Å². The molecule has 48 valence electrons. The van der Waals surface area contributed by atoms with Gasteiger partial charge in [-0.25, -0.2) is 9.37 Å². The number of nitrogens with zero attached hydrogens (tertiary/aromatic N) is 1. The van der Waals surface area contributed by atoms with E-state index in [4.69, 9.17) is 0 Å². The fourth-order valence-electron chi connectivity index (χ4n) is 0.398. The molecule has 1 nitrogen and oxygen atoms in total. The van der Waals surface area contributed by atoms with Gasteiger partial charge in [0.15, 0.2) is 0 Å². The maximum Gasteiger partial charge on any atom is 0.227 e. The molecule has 0 aliphatic rings. The monoisotopic (exact) mass is 193 g/mol. The quantitative estimate of drug-likeness (QED) is 0.576. The molecule has 0 saturated carbocycles. The fourth-order valence-corrected chi connectivity index (χ4v) is 0.719. The van der Waals surface area contributed by atoms with Crippen LogP contribution in [-0.2, 0) is 0 Å². The highest BCUT2D eigenvalue weighted by Crippen LogP contribution is 2.12. The van der Waals surface area contributed by atoms with Crippen LogP contribution in [0.25, 0.3) is 0 Å². The summed E-state index contributed by atoms with van der Waals surface area (Å²) in [5, 5.41) is 0. The summed E-state index contributed by atoms with van der Waals surface area (Å²) < 4.78 is 24.3. The number of hydrogen-bond donors (Lipinski definition) is 0. The largest absolute Gasteiger partial charge is 0.227 e. The summed E-state index contributed by atoms with van der Waals surface area (Å²) in [6.45, 7) is 0. The van der Waals surface area contributed by atoms with Crippen molar-refractivity contribution in [2.75, 3.05) is 0 Å². The zero-order valence-electron chi connectivity index (χ0n) is 4.24. The van der Waals surface area contributed by atoms with E-state index >= 15 is 0 Å². The minimum Gasteiger partial charge on any atom is -0.224 e. The van der Waals surface area contributed by atoms with Crippen LogP contribution in [0.15, 0.2) is 16.7 Å². The minimum absolute atomic E-state index is 0.0440. The molecule has 0 fully saturated rings. The molecule has 1 aromatic heterocycles. The molecule has 0 amide bonds. The molecule has 4 heteroatoms. The lowest BCUT2D eigenvalue weighted by atomic mass is 10.5. The van der Waals surface area contributed by atoms with Crippen LogP contribution >= 0.6 is 15.9 Å². The van der Waals surface area contributed by atoms with Crippen LogP contribution in [0.2, 0.25) is 0 Å². The predicted molar refractivity (Wildman–Crippen MR) is 31.9 cm³/mol. The van der Waals surface area contributed by atoms with E-state index in [1.165, 1.54) is 0 Å². The van der Waals surface area contributed by atoms with Crippen molar-refractivity contribution in [1.29, 1.82) is 0 Å². The third-order valence-electron chi connectivity index (χ3n) is 0.763. The molecule has 1 aromatic rings. The maximum atomic E-state index is 12.2. The fraction of sp³-hybridized carbons (Fsp3) is 0. The lowest BCUT2D eigenvalue weighted by Gasteiger charge is -1.89. The van der Waals surface area contributed by atoms with Crippen molar-refractivity contribution in [1.82, 2.24) is 4.98 Å². The maximum absolute atomic E-state index is 12.2. The molecule has 0 saturated heterocycles. The summed E-state index contributed by atoms with van der Waals surface area (Å²) in [5.41, 5.74) is 0. The van der Waals surface area contributed by atoms with Crippen LogP contribution in [0.1, 0.15) is 0 Å². The van der Waals surface area contributed by atoms with Crippen LogP contribution in [0, 0.1) is 11.8 Å². The molecule has 1 heterocycles. The van der Waals surface area contributed by atoms with Crippen molar-refractivity contribution in [3.8, 4) is 0 Å². The normalized spacial score (nSPS) is 9.67. The SMILES string of the molecule is Fc1cnc(F)c(Br)c1. The Labute approximate surface area is 58.8 Å². The molecule has 0 aliphatic heterocycles. The molecular weight excluding hydrogens is 192 g/mol. The number of hydrogen-bond acceptors (Lipinski definition) is 1. The van der Waals surface area contributed by atoms with Gasteiger partial charge in [0.1, 0.15) is 5.82 Å². The lowest BCUT2D eigenvalue weighted by Crippen LogP contribution is -1.84. The minimum atomic E-state index is -0.698. The molecule has 0 aromatic carbocycles. The highest BCUT2D eigenvalue weighted by atomic mass is 79.9. The first-order chi connectivity index (χ1) is 4.20. The van der Waals surface area contributed by atoms with Crippen molar-refractivity contribution in [2.45, 2.75) is 0 Å². The van der Waals surface area contributed by atoms with Gasteiger partial charge in [-0.15, -0.1) is 0 Å². The second-order valence-electron chi connectivity index (χ2n) is 1.43. The Morgan fingerprint density at radius 1 is 1.44 bits per heavy atom. The van der Waals surface area contributed by atoms with E-state index in [-0.39, 0.29) is 4.47 Å². The van der Waals surface area contributed by atoms with Crippen molar-refractivity contribution in [3.05, 3.63) is 28.5 Å². The highest BCUT2D eigenvalue weighted by molar-refractivity contribution is 9.10. The van der Waals surface area contributed by atoms with Gasteiger partial charge in [-0.1, -0.05) is 0 Å². The third kappa shape index (κ3) is 1.45. The van der Waals surface area contributed by atoms with Crippen LogP contribution in [0.5, 0.6) is 0 Å². The Balaban J connectivity index is 3.17. The van der Waals surface area contributed by atoms with Crippen LogP contribution in [-0.4, -0.2) is 4.98 Å². The molecule has 0 spiro atoms. The molecule has 0 aliphatic carbocycles. The van der Waals surface area contributed by atoms with Gasteiger partial charge in [-0.2, -0.15) is 4.39 Å². The predicted octanol–water partition coefficient (Wildman–Crippen LogP) is 2.12. The van der Waals surface area contributed by atoms with Crippen molar-refractivity contribution in [2.24, 2.45) is 0 Å². The number of rotatable bonds is 0. The number of aromatic nitrogens is 1. The van der Waals surface area contributed by atoms with Gasteiger partial charge in [0.2, 0.25) is 5.95 Å². The Morgan fingerprint density at radius 3 is 2.56 bits per heavy atom. The van der Waals surface area contributed by atoms with Gasteiger partial charge in [0.25, 0.3) is 0 Å². The van der Waals surface area contributed by atoms with E-state index in [2.05, 4.69) is 20.9 Å². The Morgan fingerprint density at radius 2 is 2.11 bits per heavy atom. The first kappa shape index (κ1) is 6.61. The first-order valence-electron chi connectivity index (χ1n) is 2.16. The van der Waals surface area contributed by atoms with Crippen LogP contribution < -0.4 is 0 Å². The van der Waals surface area contributed by atoms with Gasteiger partial charge in [-0.05, 0) is 22.0 Å². The second kappa shape index (κ2) is 2.39. The Kier molecular flexibility index (Phi) is 1.75. The molecular formula is C5H2BrF2N. The molecule has 1 rings (SSSR count). The molecule has 0 N–H and O–H groups in total. The zero-order valence-corrected chi connectivity index (χ0v) is 5.82. The summed E-state index contributed by atoms with van der Waals surface area (Å²) in [5.74, 6) is -1.25. The zero-order chi connectivity index (χ0) is 6.85. The summed E-state index contributed by atoms with van der Waals surface area (Å²) in [6, 6.07) is 1.02. The van der Waals surface area contributed by atoms with Crippen molar-refractivity contribution >= 4 is 15.9 Å². The number of pyridine rings is 1. The van der Waals surface area contributed by atoms with Gasteiger partial charge in [-0.3, -0.25) is 0 Å². The van der Waals surface area contributed by atoms with E-state index in [1.54, 1.807) is 0 Å². The van der Waals surface area contributed by atoms with E-state index in [1.807, 2.05) is 0 Å². The topological polar surface area (TPSA) is 12.9 Å². The van der Waals surface area contributed by atoms with Gasteiger partial charge in [0, 0.05) is 0 Å². The van der Waals surface area contributed by atoms with Gasteiger partial charge < -0.3 is 0 Å². The molecule has 0 atom stereocenters. The third-order valence-corrected chi connectivity index (χ3v) is 1.32. The average molecular weight is 194 g/mol. The van der Waals surface area contributed by atoms with E-state index in [0.717, 1.165) is 12.3 Å². The smallest absolute Gasteiger partial charge is 0.224 e. The van der Waals surface area contributed by atoms with Crippen LogP contribution in [0.4, 0.5) is 8.78 Å². The first-order valence-corrected chi connectivity index (χ1v) is 2.96. The summed E-state index contributed by atoms with van der Waals surface area (Å²) in [6.07, 6.45) is 0.820. The standard InChI is InChI=1S/C5H2BrF2N/c6-4-1-3(7)2-9-5(4)8/h1-2H. The van der Waals surface area contributed by atoms with E-state index in [9.17, 15) is 8.78 Å². The van der Waals surface area contributed by atoms with E-state index in [0.29, 0.717) is 0 Å². The Bertz CT molecular complexity index is 226. The van der Waals surface area contributed by atoms with Crippen molar-refractivity contribution < 1.29 is 8.78 Å². The lowest BCUT2D eigenvalue weighted by molar-refractivity contribution is 0.553. The number of halogens is 3. The highest BCUT2D eigenvalue weighted by Gasteiger charge is 1.99. The average Bonchev–Trinajstić information content (AvgIpc) is 1.80. The molecule has 0 bridgehead atoms. The van der Waals surface area contributed by atoms with Gasteiger partial charge >= 0.3 is 0 Å². The Hall–Kier alpha value is -0.510. The summed E-state index contributed by atoms with van der Waals surface area (Å²) in [4.78, 5) is 3.09. The van der Waals surface area contributed by atoms with Gasteiger partial charge in [0.05, 0.1) is 10.7 Å². The summed E-state index contributed by atoms with van der Waals surface area (Å²) in [7, 11) is 0.